The summed E-state index contributed by atoms with van der Waals surface area (Å²) in [4.78, 5) is 27.2. The predicted molar refractivity (Wildman–Crippen MR) is 103 cm³/mol. The number of hydrogen-bond donors (Lipinski definition) is 0. The Morgan fingerprint density at radius 3 is 2.74 bits per heavy atom. The molecule has 2 aromatic rings. The van der Waals surface area contributed by atoms with Crippen LogP contribution in [0.3, 0.4) is 0 Å². The fourth-order valence-electron chi connectivity index (χ4n) is 3.62. The Bertz CT molecular complexity index is 933. The molecule has 5 nitrogen and oxygen atoms in total. The van der Waals surface area contributed by atoms with Crippen LogP contribution in [0.25, 0.3) is 6.08 Å². The lowest BCUT2D eigenvalue weighted by Crippen LogP contribution is -2.43. The summed E-state index contributed by atoms with van der Waals surface area (Å²) in [7, 11) is 0. The van der Waals surface area contributed by atoms with Gasteiger partial charge in [-0.1, -0.05) is 36.4 Å². The Morgan fingerprint density at radius 1 is 1.15 bits per heavy atom. The van der Waals surface area contributed by atoms with Gasteiger partial charge in [0.15, 0.2) is 6.10 Å². The van der Waals surface area contributed by atoms with E-state index in [1.165, 1.54) is 0 Å². The molecule has 0 fully saturated rings. The highest BCUT2D eigenvalue weighted by atomic mass is 16.6. The predicted octanol–water partition coefficient (Wildman–Crippen LogP) is 3.37. The van der Waals surface area contributed by atoms with E-state index in [-0.39, 0.29) is 18.6 Å². The molecule has 2 aliphatic heterocycles. The van der Waals surface area contributed by atoms with Crippen molar-refractivity contribution in [1.29, 1.82) is 0 Å². The van der Waals surface area contributed by atoms with E-state index in [4.69, 9.17) is 9.47 Å². The molecule has 0 spiro atoms. The Morgan fingerprint density at radius 2 is 1.89 bits per heavy atom. The number of carbonyl (C=O) groups is 2. The van der Waals surface area contributed by atoms with Gasteiger partial charge in [-0.05, 0) is 44.0 Å². The third kappa shape index (κ3) is 3.21. The van der Waals surface area contributed by atoms with E-state index in [0.717, 1.165) is 29.0 Å². The quantitative estimate of drug-likeness (QED) is 0.785. The van der Waals surface area contributed by atoms with Crippen molar-refractivity contribution >= 4 is 23.6 Å². The zero-order chi connectivity index (χ0) is 19.0. The SMILES string of the molecule is C[C@H](OC(=O)C1=Cc2ccccc2OC1)C(=O)N1c2ccccc2C[C@H]1C. The third-order valence-corrected chi connectivity index (χ3v) is 4.97. The zero-order valence-electron chi connectivity index (χ0n) is 15.3. The Labute approximate surface area is 158 Å². The van der Waals surface area contributed by atoms with Crippen LogP contribution in [0.5, 0.6) is 5.75 Å². The molecule has 27 heavy (non-hydrogen) atoms. The van der Waals surface area contributed by atoms with Crippen molar-refractivity contribution in [2.45, 2.75) is 32.4 Å². The lowest BCUT2D eigenvalue weighted by molar-refractivity contribution is -0.150. The van der Waals surface area contributed by atoms with Crippen LogP contribution in [-0.2, 0) is 20.7 Å². The van der Waals surface area contributed by atoms with E-state index in [2.05, 4.69) is 0 Å². The molecule has 0 radical (unpaired) electrons. The first kappa shape index (κ1) is 17.3. The smallest absolute Gasteiger partial charge is 0.338 e. The average molecular weight is 363 g/mol. The molecule has 2 heterocycles. The normalized spacial score (nSPS) is 18.7. The summed E-state index contributed by atoms with van der Waals surface area (Å²) in [6.45, 7) is 3.76. The topological polar surface area (TPSA) is 55.8 Å². The van der Waals surface area contributed by atoms with E-state index < -0.39 is 12.1 Å². The Hall–Kier alpha value is -3.08. The van der Waals surface area contributed by atoms with E-state index in [0.29, 0.717) is 5.57 Å². The first-order valence-electron chi connectivity index (χ1n) is 9.09. The molecule has 1 amide bonds. The molecule has 0 saturated carbocycles. The number of rotatable bonds is 3. The van der Waals surface area contributed by atoms with Gasteiger partial charge in [0.1, 0.15) is 12.4 Å². The van der Waals surface area contributed by atoms with Gasteiger partial charge in [-0.15, -0.1) is 0 Å². The summed E-state index contributed by atoms with van der Waals surface area (Å²) in [6.07, 6.45) is 1.69. The maximum Gasteiger partial charge on any atom is 0.338 e. The van der Waals surface area contributed by atoms with Gasteiger partial charge in [0, 0.05) is 17.3 Å². The second-order valence-electron chi connectivity index (χ2n) is 6.93. The molecular formula is C22H21NO4. The van der Waals surface area contributed by atoms with E-state index in [1.54, 1.807) is 17.9 Å². The van der Waals surface area contributed by atoms with Crippen LogP contribution in [0.2, 0.25) is 0 Å². The van der Waals surface area contributed by atoms with Crippen molar-refractivity contribution < 1.29 is 19.1 Å². The summed E-state index contributed by atoms with van der Waals surface area (Å²) < 4.78 is 11.1. The van der Waals surface area contributed by atoms with Crippen LogP contribution in [0.4, 0.5) is 5.69 Å². The number of anilines is 1. The van der Waals surface area contributed by atoms with Crippen LogP contribution in [0, 0.1) is 0 Å². The molecule has 138 valence electrons. The minimum atomic E-state index is -0.871. The number of nitrogens with zero attached hydrogens (tertiary/aromatic N) is 1. The van der Waals surface area contributed by atoms with E-state index in [1.807, 2.05) is 55.5 Å². The molecule has 2 aromatic carbocycles. The molecule has 0 N–H and O–H groups in total. The number of ether oxygens (including phenoxy) is 2. The highest BCUT2D eigenvalue weighted by Crippen LogP contribution is 2.33. The second-order valence-corrected chi connectivity index (χ2v) is 6.93. The molecule has 0 aliphatic carbocycles. The summed E-state index contributed by atoms with van der Waals surface area (Å²) in [5, 5.41) is 0. The maximum atomic E-state index is 12.9. The maximum absolute atomic E-state index is 12.9. The number of amides is 1. The number of carbonyl (C=O) groups excluding carboxylic acids is 2. The standard InChI is InChI=1S/C22H21NO4/c1-14-11-16-7-3-5-9-19(16)23(14)21(24)15(2)27-22(25)18-12-17-8-4-6-10-20(17)26-13-18/h3-10,12,14-15H,11,13H2,1-2H3/t14-,15+/m1/s1. The largest absolute Gasteiger partial charge is 0.488 e. The van der Waals surface area contributed by atoms with Gasteiger partial charge < -0.3 is 14.4 Å². The monoisotopic (exact) mass is 363 g/mol. The van der Waals surface area contributed by atoms with Crippen LogP contribution < -0.4 is 9.64 Å². The van der Waals surface area contributed by atoms with Crippen LogP contribution in [0.15, 0.2) is 54.1 Å². The van der Waals surface area contributed by atoms with Crippen LogP contribution in [-0.4, -0.2) is 30.6 Å². The highest BCUT2D eigenvalue weighted by molar-refractivity contribution is 6.02. The number of hydrogen-bond acceptors (Lipinski definition) is 4. The average Bonchev–Trinajstić information content (AvgIpc) is 3.02. The van der Waals surface area contributed by atoms with Gasteiger partial charge in [0.2, 0.25) is 0 Å². The van der Waals surface area contributed by atoms with Crippen molar-refractivity contribution in [2.24, 2.45) is 0 Å². The minimum Gasteiger partial charge on any atom is -0.488 e. The Balaban J connectivity index is 1.48. The van der Waals surface area contributed by atoms with Gasteiger partial charge in [-0.3, -0.25) is 4.79 Å². The number of para-hydroxylation sites is 2. The molecule has 0 aromatic heterocycles. The van der Waals surface area contributed by atoms with Crippen LogP contribution >= 0.6 is 0 Å². The summed E-state index contributed by atoms with van der Waals surface area (Å²) >= 11 is 0. The van der Waals surface area contributed by atoms with E-state index >= 15 is 0 Å². The number of esters is 1. The molecule has 0 bridgehead atoms. The highest BCUT2D eigenvalue weighted by Gasteiger charge is 2.35. The zero-order valence-corrected chi connectivity index (χ0v) is 15.3. The number of fused-ring (bicyclic) bond motifs is 2. The van der Waals surface area contributed by atoms with Gasteiger partial charge >= 0.3 is 5.97 Å². The van der Waals surface area contributed by atoms with Gasteiger partial charge in [-0.25, -0.2) is 4.79 Å². The third-order valence-electron chi connectivity index (χ3n) is 4.97. The molecule has 2 aliphatic rings. The van der Waals surface area contributed by atoms with Crippen molar-refractivity contribution in [3.63, 3.8) is 0 Å². The van der Waals surface area contributed by atoms with Crippen molar-refractivity contribution in [3.8, 4) is 5.75 Å². The summed E-state index contributed by atoms with van der Waals surface area (Å²) in [5.74, 6) is 0.00434. The first-order chi connectivity index (χ1) is 13.0. The molecule has 0 unspecified atom stereocenters. The fourth-order valence-corrected chi connectivity index (χ4v) is 3.62. The Kier molecular flexibility index (Phi) is 4.44. The molecule has 2 atom stereocenters. The first-order valence-corrected chi connectivity index (χ1v) is 9.09. The lowest BCUT2D eigenvalue weighted by Gasteiger charge is -2.26. The molecule has 0 saturated heterocycles. The van der Waals surface area contributed by atoms with Gasteiger partial charge in [0.05, 0.1) is 5.57 Å². The van der Waals surface area contributed by atoms with Gasteiger partial charge in [-0.2, -0.15) is 0 Å². The van der Waals surface area contributed by atoms with Gasteiger partial charge in [0.25, 0.3) is 5.91 Å². The van der Waals surface area contributed by atoms with Crippen molar-refractivity contribution in [1.82, 2.24) is 0 Å². The molecule has 5 heteroatoms. The number of benzene rings is 2. The molecular weight excluding hydrogens is 342 g/mol. The lowest BCUT2D eigenvalue weighted by atomic mass is 10.1. The van der Waals surface area contributed by atoms with Crippen molar-refractivity contribution in [2.75, 3.05) is 11.5 Å². The fraction of sp³-hybridized carbons (Fsp3) is 0.273. The minimum absolute atomic E-state index is 0.0418. The molecule has 4 rings (SSSR count). The van der Waals surface area contributed by atoms with Crippen LogP contribution in [0.1, 0.15) is 25.0 Å². The second kappa shape index (κ2) is 6.91. The summed E-state index contributed by atoms with van der Waals surface area (Å²) in [5.41, 5.74) is 3.27. The van der Waals surface area contributed by atoms with E-state index in [9.17, 15) is 9.59 Å². The summed E-state index contributed by atoms with van der Waals surface area (Å²) in [6, 6.07) is 15.4. The van der Waals surface area contributed by atoms with Crippen molar-refractivity contribution in [3.05, 3.63) is 65.2 Å².